The van der Waals surface area contributed by atoms with Gasteiger partial charge in [-0.05, 0) is 67.1 Å². The van der Waals surface area contributed by atoms with Crippen LogP contribution in [0.5, 0.6) is 11.5 Å². The van der Waals surface area contributed by atoms with Crippen molar-refractivity contribution in [2.24, 2.45) is 0 Å². The van der Waals surface area contributed by atoms with Gasteiger partial charge in [-0.15, -0.1) is 11.3 Å². The second-order valence-corrected chi connectivity index (χ2v) is 10.9. The second-order valence-electron chi connectivity index (χ2n) is 9.45. The van der Waals surface area contributed by atoms with Gasteiger partial charge in [0, 0.05) is 27.3 Å². The van der Waals surface area contributed by atoms with E-state index in [1.165, 1.54) is 5.56 Å². The Balaban J connectivity index is 1.60. The Morgan fingerprint density at radius 1 is 0.974 bits per heavy atom. The number of fused-ring (bicyclic) bond motifs is 7. The molecular weight excluding hydrogens is 514 g/mol. The first-order chi connectivity index (χ1) is 18.5. The predicted octanol–water partition coefficient (Wildman–Crippen LogP) is 8.50. The van der Waals surface area contributed by atoms with E-state index in [2.05, 4.69) is 47.7 Å². The molecule has 7 rings (SSSR count). The molecule has 1 aliphatic rings. The van der Waals surface area contributed by atoms with Gasteiger partial charge in [0.05, 0.1) is 17.3 Å². The Hall–Kier alpha value is -4.06. The number of para-hydroxylation sites is 1. The monoisotopic (exact) mass is 535 g/mol. The summed E-state index contributed by atoms with van der Waals surface area (Å²) in [4.78, 5) is 15.4. The first-order valence-corrected chi connectivity index (χ1v) is 13.5. The van der Waals surface area contributed by atoms with E-state index < -0.39 is 0 Å². The summed E-state index contributed by atoms with van der Waals surface area (Å²) in [6.07, 6.45) is -0.375. The number of aromatic nitrogens is 1. The largest absolute Gasteiger partial charge is 0.497 e. The van der Waals surface area contributed by atoms with Gasteiger partial charge in [0.1, 0.15) is 22.0 Å². The van der Waals surface area contributed by atoms with E-state index in [4.69, 9.17) is 21.1 Å². The van der Waals surface area contributed by atoms with Crippen molar-refractivity contribution in [2.75, 3.05) is 7.11 Å². The Bertz CT molecular complexity index is 1870. The Morgan fingerprint density at radius 3 is 2.50 bits per heavy atom. The smallest absolute Gasteiger partial charge is 0.210 e. The van der Waals surface area contributed by atoms with Crippen LogP contribution in [0, 0.1) is 6.92 Å². The molecule has 38 heavy (non-hydrogen) atoms. The molecule has 0 amide bonds. The number of carbonyl (C=O) groups excluding carboxylic acids is 1. The summed E-state index contributed by atoms with van der Waals surface area (Å²) in [5.41, 5.74) is 7.09. The summed E-state index contributed by atoms with van der Waals surface area (Å²) in [7, 11) is 1.62. The molecule has 0 spiro atoms. The molecule has 2 aromatic heterocycles. The zero-order chi connectivity index (χ0) is 26.0. The van der Waals surface area contributed by atoms with Crippen molar-refractivity contribution in [1.29, 1.82) is 0 Å². The number of ketones is 1. The molecule has 0 bridgehead atoms. The minimum atomic E-state index is -0.375. The summed E-state index contributed by atoms with van der Waals surface area (Å²) in [6.45, 7) is 2.07. The van der Waals surface area contributed by atoms with E-state index in [0.29, 0.717) is 27.8 Å². The lowest BCUT2D eigenvalue weighted by atomic mass is 9.89. The first-order valence-electron chi connectivity index (χ1n) is 12.3. The molecule has 186 valence electrons. The van der Waals surface area contributed by atoms with E-state index >= 15 is 0 Å². The molecule has 4 nitrogen and oxygen atoms in total. The van der Waals surface area contributed by atoms with Gasteiger partial charge in [-0.1, -0.05) is 53.6 Å². The molecule has 0 N–H and O–H groups in total. The van der Waals surface area contributed by atoms with Crippen molar-refractivity contribution in [2.45, 2.75) is 13.0 Å². The summed E-state index contributed by atoms with van der Waals surface area (Å²) < 4.78 is 15.2. The zero-order valence-electron chi connectivity index (χ0n) is 20.7. The Morgan fingerprint density at radius 2 is 1.74 bits per heavy atom. The van der Waals surface area contributed by atoms with Crippen LogP contribution in [0.1, 0.15) is 38.8 Å². The molecule has 0 saturated heterocycles. The summed E-state index contributed by atoms with van der Waals surface area (Å²) in [5, 5.41) is 0.592. The maximum absolute atomic E-state index is 14.4. The van der Waals surface area contributed by atoms with Crippen LogP contribution in [-0.2, 0) is 0 Å². The van der Waals surface area contributed by atoms with Gasteiger partial charge >= 0.3 is 0 Å². The lowest BCUT2D eigenvalue weighted by molar-refractivity contribution is 0.103. The van der Waals surface area contributed by atoms with Crippen LogP contribution >= 0.6 is 22.9 Å². The molecule has 3 heterocycles. The predicted molar refractivity (Wildman–Crippen MR) is 153 cm³/mol. The highest BCUT2D eigenvalue weighted by molar-refractivity contribution is 7.24. The van der Waals surface area contributed by atoms with Crippen molar-refractivity contribution in [3.8, 4) is 22.6 Å². The quantitative estimate of drug-likeness (QED) is 0.212. The third-order valence-electron chi connectivity index (χ3n) is 7.14. The molecule has 6 heteroatoms. The van der Waals surface area contributed by atoms with Crippen LogP contribution in [-0.4, -0.2) is 17.3 Å². The topological polar surface area (TPSA) is 39.9 Å². The number of aryl methyl sites for hydroxylation is 1. The number of ether oxygens (including phenoxy) is 2. The average Bonchev–Trinajstić information content (AvgIpc) is 3.48. The maximum Gasteiger partial charge on any atom is 0.210 e. The summed E-state index contributed by atoms with van der Waals surface area (Å²) >= 11 is 8.18. The highest BCUT2D eigenvalue weighted by Crippen LogP contribution is 2.52. The van der Waals surface area contributed by atoms with Crippen molar-refractivity contribution in [3.63, 3.8) is 0 Å². The van der Waals surface area contributed by atoms with Gasteiger partial charge in [0.15, 0.2) is 6.10 Å². The average molecular weight is 536 g/mol. The van der Waals surface area contributed by atoms with Gasteiger partial charge in [0.2, 0.25) is 5.78 Å². The van der Waals surface area contributed by atoms with Crippen LogP contribution in [0.15, 0.2) is 91.0 Å². The number of hydrogen-bond donors (Lipinski definition) is 0. The van der Waals surface area contributed by atoms with Gasteiger partial charge in [-0.2, -0.15) is 0 Å². The molecule has 0 aliphatic carbocycles. The fourth-order valence-electron chi connectivity index (χ4n) is 5.30. The van der Waals surface area contributed by atoms with E-state index in [9.17, 15) is 4.79 Å². The van der Waals surface area contributed by atoms with E-state index in [-0.39, 0.29) is 11.9 Å². The molecular formula is C32H22ClNO3S. The van der Waals surface area contributed by atoms with Gasteiger partial charge in [-0.3, -0.25) is 9.20 Å². The van der Waals surface area contributed by atoms with Crippen LogP contribution in [0.2, 0.25) is 5.02 Å². The van der Waals surface area contributed by atoms with E-state index in [0.717, 1.165) is 37.3 Å². The molecule has 0 radical (unpaired) electrons. The van der Waals surface area contributed by atoms with Crippen LogP contribution in [0.4, 0.5) is 0 Å². The van der Waals surface area contributed by atoms with E-state index in [1.807, 2.05) is 54.6 Å². The Kier molecular flexibility index (Phi) is 5.32. The lowest BCUT2D eigenvalue weighted by Crippen LogP contribution is -2.16. The van der Waals surface area contributed by atoms with Crippen LogP contribution < -0.4 is 9.47 Å². The number of rotatable bonds is 4. The fourth-order valence-corrected chi connectivity index (χ4v) is 6.69. The van der Waals surface area contributed by atoms with Gasteiger partial charge in [-0.25, -0.2) is 0 Å². The molecule has 6 aromatic rings. The molecule has 1 aliphatic heterocycles. The zero-order valence-corrected chi connectivity index (χ0v) is 22.3. The highest BCUT2D eigenvalue weighted by Gasteiger charge is 2.37. The number of nitrogens with zero attached hydrogens (tertiary/aromatic N) is 1. The van der Waals surface area contributed by atoms with Crippen molar-refractivity contribution in [1.82, 2.24) is 4.40 Å². The Labute approximate surface area is 228 Å². The number of hydrogen-bond acceptors (Lipinski definition) is 4. The third kappa shape index (κ3) is 3.46. The highest BCUT2D eigenvalue weighted by atomic mass is 35.5. The summed E-state index contributed by atoms with van der Waals surface area (Å²) in [5.74, 6) is 1.34. The number of benzene rings is 4. The molecule has 1 atom stereocenters. The van der Waals surface area contributed by atoms with Gasteiger partial charge < -0.3 is 9.47 Å². The molecule has 0 saturated carbocycles. The van der Waals surface area contributed by atoms with Crippen LogP contribution in [0.3, 0.4) is 0 Å². The number of halogens is 1. The minimum Gasteiger partial charge on any atom is -0.497 e. The SMILES string of the molecule is COc1ccc(C(=O)c2c3c(c4sc5ccccc5n24)[C@@H](c2ccc(C)cc2)Oc2ccc(Cl)cc2-3)cc1. The fraction of sp³-hybridized carbons (Fsp3) is 0.0938. The number of carbonyl (C=O) groups is 1. The van der Waals surface area contributed by atoms with Gasteiger partial charge in [0.25, 0.3) is 0 Å². The third-order valence-corrected chi connectivity index (χ3v) is 8.54. The van der Waals surface area contributed by atoms with E-state index in [1.54, 1.807) is 18.4 Å². The lowest BCUT2D eigenvalue weighted by Gasteiger charge is -2.28. The van der Waals surface area contributed by atoms with Crippen molar-refractivity contribution >= 4 is 43.8 Å². The van der Waals surface area contributed by atoms with Crippen molar-refractivity contribution < 1.29 is 14.3 Å². The van der Waals surface area contributed by atoms with Crippen molar-refractivity contribution in [3.05, 3.63) is 124 Å². The molecule has 0 unspecified atom stereocenters. The minimum absolute atomic E-state index is 0.0667. The second kappa shape index (κ2) is 8.76. The standard InChI is InChI=1S/C32H22ClNO3S/c1-18-7-9-20(10-8-18)31-28-27(23-17-21(33)13-16-25(23)37-31)29(30(35)19-11-14-22(36-2)15-12-19)34-24-5-3-4-6-26(24)38-32(28)34/h3-17,31H,1-2H3/t31-/m1/s1. The number of methoxy groups -OCH3 is 1. The van der Waals surface area contributed by atoms with Crippen LogP contribution in [0.25, 0.3) is 26.2 Å². The number of thiazole rings is 1. The summed E-state index contributed by atoms with van der Waals surface area (Å²) in [6, 6.07) is 29.5. The molecule has 4 aromatic carbocycles. The first kappa shape index (κ1) is 23.1. The molecule has 0 fully saturated rings. The maximum atomic E-state index is 14.4. The normalized spacial score (nSPS) is 14.2.